The minimum Gasteiger partial charge on any atom is -0.445 e. The quantitative estimate of drug-likeness (QED) is 0.685. The molecule has 0 radical (unpaired) electrons. The molecule has 1 heterocycles. The van der Waals surface area contributed by atoms with Gasteiger partial charge in [-0.3, -0.25) is 15.1 Å². The summed E-state index contributed by atoms with van der Waals surface area (Å²) in [5.74, 6) is -1.05. The summed E-state index contributed by atoms with van der Waals surface area (Å²) in [7, 11) is 0. The highest BCUT2D eigenvalue weighted by Crippen LogP contribution is 2.33. The number of ether oxygens (including phenoxy) is 1. The van der Waals surface area contributed by atoms with Crippen molar-refractivity contribution in [2.45, 2.75) is 13.0 Å². The van der Waals surface area contributed by atoms with Crippen molar-refractivity contribution in [2.75, 3.05) is 0 Å². The smallest absolute Gasteiger partial charge is 0.314 e. The minimum absolute atomic E-state index is 0.197. The number of hydrogen-bond donors (Lipinski definition) is 1. The van der Waals surface area contributed by atoms with Crippen LogP contribution in [0.15, 0.2) is 36.5 Å². The lowest BCUT2D eigenvalue weighted by Crippen LogP contribution is -2.06. The highest BCUT2D eigenvalue weighted by molar-refractivity contribution is 5.49. The molecule has 2 N–H and O–H groups in total. The standard InChI is InChI=1S/C13H12FN3O3/c1-8(15)11-6-5-9(7-16-11)20-13-10(14)3-2-4-12(13)17(18)19/h2-8H,15H2,1H3/t8-/m0/s1. The first kappa shape index (κ1) is 13.9. The van der Waals surface area contributed by atoms with E-state index in [-0.39, 0.29) is 11.8 Å². The Bertz CT molecular complexity index is 629. The van der Waals surface area contributed by atoms with Crippen LogP contribution in [-0.2, 0) is 0 Å². The van der Waals surface area contributed by atoms with Crippen LogP contribution in [0, 0.1) is 15.9 Å². The Kier molecular flexibility index (Phi) is 3.90. The van der Waals surface area contributed by atoms with Gasteiger partial charge in [-0.25, -0.2) is 4.39 Å². The van der Waals surface area contributed by atoms with Crippen LogP contribution in [0.4, 0.5) is 10.1 Å². The van der Waals surface area contributed by atoms with Gasteiger partial charge in [-0.2, -0.15) is 0 Å². The Morgan fingerprint density at radius 1 is 1.40 bits per heavy atom. The number of nitro benzene ring substituents is 1. The molecule has 7 heteroatoms. The average molecular weight is 277 g/mol. The number of hydrogen-bond acceptors (Lipinski definition) is 5. The molecule has 1 aromatic carbocycles. The van der Waals surface area contributed by atoms with Crippen molar-refractivity contribution in [3.63, 3.8) is 0 Å². The molecule has 0 fully saturated rings. The molecule has 0 aliphatic rings. The van der Waals surface area contributed by atoms with Crippen molar-refractivity contribution in [1.29, 1.82) is 0 Å². The molecule has 0 spiro atoms. The van der Waals surface area contributed by atoms with E-state index in [0.717, 1.165) is 6.07 Å². The van der Waals surface area contributed by atoms with E-state index in [4.69, 9.17) is 10.5 Å². The summed E-state index contributed by atoms with van der Waals surface area (Å²) >= 11 is 0. The number of benzene rings is 1. The second kappa shape index (κ2) is 5.62. The second-order valence-electron chi connectivity index (χ2n) is 4.15. The monoisotopic (exact) mass is 277 g/mol. The number of rotatable bonds is 4. The number of pyridine rings is 1. The third-order valence-corrected chi connectivity index (χ3v) is 2.59. The lowest BCUT2D eigenvalue weighted by atomic mass is 10.2. The molecular formula is C13H12FN3O3. The van der Waals surface area contributed by atoms with Gasteiger partial charge in [-0.1, -0.05) is 6.07 Å². The summed E-state index contributed by atoms with van der Waals surface area (Å²) in [4.78, 5) is 14.2. The summed E-state index contributed by atoms with van der Waals surface area (Å²) in [6.07, 6.45) is 1.34. The molecule has 2 aromatic rings. The molecule has 0 aliphatic heterocycles. The van der Waals surface area contributed by atoms with Gasteiger partial charge in [-0.15, -0.1) is 0 Å². The van der Waals surface area contributed by atoms with E-state index in [1.54, 1.807) is 13.0 Å². The molecule has 0 saturated carbocycles. The molecule has 104 valence electrons. The minimum atomic E-state index is -0.810. The van der Waals surface area contributed by atoms with Gasteiger partial charge in [0.2, 0.25) is 5.75 Å². The zero-order chi connectivity index (χ0) is 14.7. The third kappa shape index (κ3) is 2.89. The summed E-state index contributed by atoms with van der Waals surface area (Å²) < 4.78 is 18.9. The summed E-state index contributed by atoms with van der Waals surface area (Å²) in [6, 6.07) is 6.41. The molecule has 0 bridgehead atoms. The number of para-hydroxylation sites is 1. The van der Waals surface area contributed by atoms with E-state index < -0.39 is 22.2 Å². The van der Waals surface area contributed by atoms with E-state index in [1.807, 2.05) is 0 Å². The predicted octanol–water partition coefficient (Wildman–Crippen LogP) is 2.94. The maximum Gasteiger partial charge on any atom is 0.314 e. The van der Waals surface area contributed by atoms with E-state index in [2.05, 4.69) is 4.98 Å². The van der Waals surface area contributed by atoms with Crippen LogP contribution < -0.4 is 10.5 Å². The SMILES string of the molecule is C[C@H](N)c1ccc(Oc2c(F)cccc2[N+](=O)[O-])cn1. The van der Waals surface area contributed by atoms with E-state index in [1.165, 1.54) is 24.4 Å². The Morgan fingerprint density at radius 3 is 2.70 bits per heavy atom. The predicted molar refractivity (Wildman–Crippen MR) is 70.0 cm³/mol. The van der Waals surface area contributed by atoms with Gasteiger partial charge in [0, 0.05) is 12.1 Å². The summed E-state index contributed by atoms with van der Waals surface area (Å²) in [6.45, 7) is 1.77. The lowest BCUT2D eigenvalue weighted by molar-refractivity contribution is -0.385. The largest absolute Gasteiger partial charge is 0.445 e. The van der Waals surface area contributed by atoms with Crippen molar-refractivity contribution in [3.8, 4) is 11.5 Å². The second-order valence-corrected chi connectivity index (χ2v) is 4.15. The summed E-state index contributed by atoms with van der Waals surface area (Å²) in [5.41, 5.74) is 5.85. The topological polar surface area (TPSA) is 91.3 Å². The first-order valence-corrected chi connectivity index (χ1v) is 5.81. The highest BCUT2D eigenvalue weighted by Gasteiger charge is 2.20. The Labute approximate surface area is 114 Å². The Morgan fingerprint density at radius 2 is 2.15 bits per heavy atom. The molecule has 2 rings (SSSR count). The van der Waals surface area contributed by atoms with Crippen LogP contribution in [0.5, 0.6) is 11.5 Å². The Hall–Kier alpha value is -2.54. The van der Waals surface area contributed by atoms with Crippen LogP contribution in [-0.4, -0.2) is 9.91 Å². The summed E-state index contributed by atoms with van der Waals surface area (Å²) in [5, 5.41) is 10.8. The fourth-order valence-corrected chi connectivity index (χ4v) is 1.58. The van der Waals surface area contributed by atoms with Crippen molar-refractivity contribution in [3.05, 3.63) is 58.2 Å². The van der Waals surface area contributed by atoms with Crippen LogP contribution in [0.1, 0.15) is 18.7 Å². The molecule has 0 amide bonds. The van der Waals surface area contributed by atoms with E-state index >= 15 is 0 Å². The Balaban J connectivity index is 2.32. The van der Waals surface area contributed by atoms with Crippen molar-refractivity contribution < 1.29 is 14.1 Å². The number of nitrogens with zero attached hydrogens (tertiary/aromatic N) is 2. The molecule has 1 aromatic heterocycles. The fourth-order valence-electron chi connectivity index (χ4n) is 1.58. The van der Waals surface area contributed by atoms with Crippen LogP contribution in [0.25, 0.3) is 0 Å². The average Bonchev–Trinajstić information content (AvgIpc) is 2.41. The zero-order valence-electron chi connectivity index (χ0n) is 10.6. The molecule has 0 unspecified atom stereocenters. The maximum atomic E-state index is 13.6. The van der Waals surface area contributed by atoms with Gasteiger partial charge in [-0.05, 0) is 25.1 Å². The van der Waals surface area contributed by atoms with Crippen molar-refractivity contribution in [2.24, 2.45) is 5.73 Å². The van der Waals surface area contributed by atoms with Gasteiger partial charge in [0.05, 0.1) is 16.8 Å². The fraction of sp³-hybridized carbons (Fsp3) is 0.154. The molecular weight excluding hydrogens is 265 g/mol. The highest BCUT2D eigenvalue weighted by atomic mass is 19.1. The lowest BCUT2D eigenvalue weighted by Gasteiger charge is -2.08. The number of nitro groups is 1. The van der Waals surface area contributed by atoms with Crippen LogP contribution in [0.3, 0.4) is 0 Å². The number of nitrogens with two attached hydrogens (primary N) is 1. The third-order valence-electron chi connectivity index (χ3n) is 2.59. The van der Waals surface area contributed by atoms with Gasteiger partial charge >= 0.3 is 5.69 Å². The molecule has 0 saturated heterocycles. The normalized spacial score (nSPS) is 11.9. The molecule has 20 heavy (non-hydrogen) atoms. The first-order chi connectivity index (χ1) is 9.49. The number of halogens is 1. The van der Waals surface area contributed by atoms with E-state index in [9.17, 15) is 14.5 Å². The van der Waals surface area contributed by atoms with Crippen molar-refractivity contribution in [1.82, 2.24) is 4.98 Å². The van der Waals surface area contributed by atoms with Gasteiger partial charge in [0.15, 0.2) is 5.82 Å². The van der Waals surface area contributed by atoms with Gasteiger partial charge < -0.3 is 10.5 Å². The van der Waals surface area contributed by atoms with Crippen LogP contribution in [0.2, 0.25) is 0 Å². The molecule has 6 nitrogen and oxygen atoms in total. The van der Waals surface area contributed by atoms with Crippen LogP contribution >= 0.6 is 0 Å². The van der Waals surface area contributed by atoms with Gasteiger partial charge in [0.1, 0.15) is 5.75 Å². The van der Waals surface area contributed by atoms with Crippen molar-refractivity contribution >= 4 is 5.69 Å². The maximum absolute atomic E-state index is 13.6. The molecule has 0 aliphatic carbocycles. The van der Waals surface area contributed by atoms with E-state index in [0.29, 0.717) is 5.69 Å². The molecule has 1 atom stereocenters. The zero-order valence-corrected chi connectivity index (χ0v) is 10.6. The van der Waals surface area contributed by atoms with Gasteiger partial charge in [0.25, 0.3) is 0 Å². The first-order valence-electron chi connectivity index (χ1n) is 5.81. The number of aromatic nitrogens is 1.